The Labute approximate surface area is 134 Å². The summed E-state index contributed by atoms with van der Waals surface area (Å²) in [6.45, 7) is 3.21. The predicted octanol–water partition coefficient (Wildman–Crippen LogP) is 0.834. The van der Waals surface area contributed by atoms with Gasteiger partial charge in [-0.1, -0.05) is 0 Å². The lowest BCUT2D eigenvalue weighted by Crippen LogP contribution is -2.47. The second-order valence-electron chi connectivity index (χ2n) is 5.88. The van der Waals surface area contributed by atoms with Gasteiger partial charge in [0.1, 0.15) is 6.10 Å². The van der Waals surface area contributed by atoms with Gasteiger partial charge in [-0.05, 0) is 19.4 Å². The van der Waals surface area contributed by atoms with Gasteiger partial charge in [0.05, 0.1) is 18.8 Å². The van der Waals surface area contributed by atoms with Crippen molar-refractivity contribution in [2.24, 2.45) is 7.05 Å². The number of rotatable bonds is 5. The van der Waals surface area contributed by atoms with Gasteiger partial charge in [-0.2, -0.15) is 10.2 Å². The molecule has 2 aromatic rings. The summed E-state index contributed by atoms with van der Waals surface area (Å²) in [5, 5.41) is 14.2. The smallest absolute Gasteiger partial charge is 0.315 e. The molecule has 3 heterocycles. The number of hydrogen-bond donors (Lipinski definition) is 2. The lowest BCUT2D eigenvalue weighted by atomic mass is 10.1. The summed E-state index contributed by atoms with van der Waals surface area (Å²) in [5.74, 6) is 0. The van der Waals surface area contributed by atoms with Crippen LogP contribution in [-0.4, -0.2) is 44.3 Å². The lowest BCUT2D eigenvalue weighted by Gasteiger charge is -2.21. The maximum Gasteiger partial charge on any atom is 0.315 e. The molecule has 2 amide bonds. The highest BCUT2D eigenvalue weighted by Gasteiger charge is 2.32. The summed E-state index contributed by atoms with van der Waals surface area (Å²) in [6, 6.07) is 1.61. The summed E-state index contributed by atoms with van der Waals surface area (Å²) in [6.07, 6.45) is 7.95. The van der Waals surface area contributed by atoms with Crippen LogP contribution >= 0.6 is 0 Å². The Morgan fingerprint density at radius 3 is 3.09 bits per heavy atom. The molecule has 2 N–H and O–H groups in total. The van der Waals surface area contributed by atoms with E-state index in [4.69, 9.17) is 4.74 Å². The molecular weight excluding hydrogens is 296 g/mol. The number of ether oxygens (including phenoxy) is 1. The fraction of sp³-hybridized carbons (Fsp3) is 0.533. The Kier molecular flexibility index (Phi) is 4.61. The van der Waals surface area contributed by atoms with Crippen molar-refractivity contribution in [2.75, 3.05) is 6.61 Å². The van der Waals surface area contributed by atoms with E-state index in [2.05, 4.69) is 20.8 Å². The van der Waals surface area contributed by atoms with Crippen molar-refractivity contribution in [3.05, 3.63) is 36.4 Å². The van der Waals surface area contributed by atoms with Crippen LogP contribution in [0.4, 0.5) is 4.79 Å². The zero-order valence-electron chi connectivity index (χ0n) is 13.3. The molecule has 1 fully saturated rings. The zero-order valence-corrected chi connectivity index (χ0v) is 13.3. The van der Waals surface area contributed by atoms with Crippen LogP contribution in [-0.2, 0) is 18.3 Å². The molecular formula is C15H22N6O2. The first-order valence-electron chi connectivity index (χ1n) is 7.76. The highest BCUT2D eigenvalue weighted by molar-refractivity contribution is 5.74. The Bertz CT molecular complexity index is 638. The lowest BCUT2D eigenvalue weighted by molar-refractivity contribution is 0.0997. The van der Waals surface area contributed by atoms with E-state index in [1.165, 1.54) is 0 Å². The number of aryl methyl sites for hydroxylation is 1. The first-order valence-corrected chi connectivity index (χ1v) is 7.76. The number of amides is 2. The first kappa shape index (κ1) is 15.5. The third-order valence-corrected chi connectivity index (χ3v) is 3.86. The largest absolute Gasteiger partial charge is 0.371 e. The van der Waals surface area contributed by atoms with Gasteiger partial charge in [0.15, 0.2) is 0 Å². The molecule has 0 spiro atoms. The van der Waals surface area contributed by atoms with E-state index in [1.54, 1.807) is 21.8 Å². The number of carbonyl (C=O) groups is 1. The van der Waals surface area contributed by atoms with E-state index in [0.29, 0.717) is 13.2 Å². The van der Waals surface area contributed by atoms with Crippen LogP contribution in [0.1, 0.15) is 25.0 Å². The van der Waals surface area contributed by atoms with Gasteiger partial charge in [0, 0.05) is 43.9 Å². The Morgan fingerprint density at radius 2 is 2.39 bits per heavy atom. The molecule has 0 radical (unpaired) electrons. The van der Waals surface area contributed by atoms with Crippen molar-refractivity contribution in [3.63, 3.8) is 0 Å². The van der Waals surface area contributed by atoms with E-state index in [1.807, 2.05) is 32.4 Å². The zero-order chi connectivity index (χ0) is 16.2. The van der Waals surface area contributed by atoms with Crippen LogP contribution in [0.3, 0.4) is 0 Å². The van der Waals surface area contributed by atoms with Gasteiger partial charge < -0.3 is 15.4 Å². The number of carbonyl (C=O) groups excluding carboxylic acids is 1. The molecule has 124 valence electrons. The second kappa shape index (κ2) is 6.82. The molecule has 1 aliphatic heterocycles. The molecule has 0 aliphatic carbocycles. The Hall–Kier alpha value is -2.35. The third kappa shape index (κ3) is 3.89. The molecule has 3 rings (SSSR count). The first-order chi connectivity index (χ1) is 11.1. The molecule has 0 unspecified atom stereocenters. The van der Waals surface area contributed by atoms with E-state index in [0.717, 1.165) is 12.0 Å². The summed E-state index contributed by atoms with van der Waals surface area (Å²) in [5.41, 5.74) is 0.986. The third-order valence-electron chi connectivity index (χ3n) is 3.86. The van der Waals surface area contributed by atoms with Crippen molar-refractivity contribution in [2.45, 2.75) is 38.1 Å². The molecule has 0 bridgehead atoms. The van der Waals surface area contributed by atoms with Crippen LogP contribution in [0.15, 0.2) is 30.9 Å². The van der Waals surface area contributed by atoms with E-state index >= 15 is 0 Å². The normalized spacial score (nSPS) is 22.0. The molecule has 2 aromatic heterocycles. The predicted molar refractivity (Wildman–Crippen MR) is 83.7 cm³/mol. The number of nitrogens with one attached hydrogen (secondary N) is 2. The maximum absolute atomic E-state index is 12.2. The average molecular weight is 318 g/mol. The van der Waals surface area contributed by atoms with E-state index in [9.17, 15) is 4.79 Å². The van der Waals surface area contributed by atoms with Crippen LogP contribution in [0.5, 0.6) is 0 Å². The molecule has 3 atom stereocenters. The van der Waals surface area contributed by atoms with E-state index < -0.39 is 0 Å². The van der Waals surface area contributed by atoms with Crippen molar-refractivity contribution in [3.8, 4) is 0 Å². The van der Waals surface area contributed by atoms with Crippen LogP contribution < -0.4 is 10.6 Å². The molecule has 0 saturated carbocycles. The molecule has 8 nitrogen and oxygen atoms in total. The van der Waals surface area contributed by atoms with Gasteiger partial charge in [0.2, 0.25) is 0 Å². The van der Waals surface area contributed by atoms with Gasteiger partial charge in [-0.25, -0.2) is 4.79 Å². The van der Waals surface area contributed by atoms with Crippen LogP contribution in [0, 0.1) is 0 Å². The quantitative estimate of drug-likeness (QED) is 0.855. The van der Waals surface area contributed by atoms with Crippen molar-refractivity contribution >= 4 is 6.03 Å². The minimum Gasteiger partial charge on any atom is -0.371 e. The van der Waals surface area contributed by atoms with Gasteiger partial charge in [-0.15, -0.1) is 0 Å². The maximum atomic E-state index is 12.2. The fourth-order valence-corrected chi connectivity index (χ4v) is 2.82. The molecule has 8 heteroatoms. The average Bonchev–Trinajstić information content (AvgIpc) is 3.20. The number of hydrogen-bond acceptors (Lipinski definition) is 4. The van der Waals surface area contributed by atoms with Crippen molar-refractivity contribution < 1.29 is 9.53 Å². The van der Waals surface area contributed by atoms with Gasteiger partial charge in [-0.3, -0.25) is 9.36 Å². The fourth-order valence-electron chi connectivity index (χ4n) is 2.82. The summed E-state index contributed by atoms with van der Waals surface area (Å²) in [7, 11) is 1.87. The highest BCUT2D eigenvalue weighted by atomic mass is 16.5. The number of urea groups is 1. The van der Waals surface area contributed by atoms with E-state index in [-0.39, 0.29) is 24.2 Å². The SMILES string of the molecule is C[C@@H](Cn1cccn1)NC(=O)N[C@H]1CCO[C@@H]1c1cnn(C)c1. The highest BCUT2D eigenvalue weighted by Crippen LogP contribution is 2.28. The minimum atomic E-state index is -0.186. The number of aromatic nitrogens is 4. The Morgan fingerprint density at radius 1 is 1.52 bits per heavy atom. The second-order valence-corrected chi connectivity index (χ2v) is 5.88. The molecule has 1 saturated heterocycles. The molecule has 0 aromatic carbocycles. The molecule has 1 aliphatic rings. The van der Waals surface area contributed by atoms with Crippen LogP contribution in [0.25, 0.3) is 0 Å². The monoisotopic (exact) mass is 318 g/mol. The Balaban J connectivity index is 1.52. The van der Waals surface area contributed by atoms with Crippen molar-refractivity contribution in [1.82, 2.24) is 30.2 Å². The van der Waals surface area contributed by atoms with Crippen molar-refractivity contribution in [1.29, 1.82) is 0 Å². The molecule has 23 heavy (non-hydrogen) atoms. The van der Waals surface area contributed by atoms with Crippen LogP contribution in [0.2, 0.25) is 0 Å². The summed E-state index contributed by atoms with van der Waals surface area (Å²) >= 11 is 0. The summed E-state index contributed by atoms with van der Waals surface area (Å²) < 4.78 is 9.28. The number of nitrogens with zero attached hydrogens (tertiary/aromatic N) is 4. The standard InChI is InChI=1S/C15H22N6O2/c1-11(9-21-6-3-5-16-21)18-15(22)19-13-4-7-23-14(13)12-8-17-20(2)10-12/h3,5-6,8,10-11,13-14H,4,7,9H2,1-2H3,(H2,18,19,22)/t11-,13-,14+/m0/s1. The minimum absolute atomic E-state index is 0.0194. The summed E-state index contributed by atoms with van der Waals surface area (Å²) in [4.78, 5) is 12.2. The van der Waals surface area contributed by atoms with Gasteiger partial charge in [0.25, 0.3) is 0 Å². The topological polar surface area (TPSA) is 86.0 Å². The van der Waals surface area contributed by atoms with Gasteiger partial charge >= 0.3 is 6.03 Å².